The normalized spacial score (nSPS) is 13.2. The minimum absolute atomic E-state index is 0.0140. The van der Waals surface area contributed by atoms with E-state index >= 15 is 0 Å². The summed E-state index contributed by atoms with van der Waals surface area (Å²) in [6.07, 6.45) is 2.87. The lowest BCUT2D eigenvalue weighted by molar-refractivity contribution is 0.0963. The number of aliphatic hydroxyl groups is 1. The Balaban J connectivity index is 1.65. The van der Waals surface area contributed by atoms with Gasteiger partial charge >= 0.3 is 0 Å². The molecule has 4 N–H and O–H groups in total. The summed E-state index contributed by atoms with van der Waals surface area (Å²) >= 11 is 0. The van der Waals surface area contributed by atoms with Crippen LogP contribution in [-0.4, -0.2) is 50.7 Å². The Morgan fingerprint density at radius 2 is 1.82 bits per heavy atom. The Kier molecular flexibility index (Phi) is 9.06. The van der Waals surface area contributed by atoms with Gasteiger partial charge in [-0.3, -0.25) is 4.79 Å². The van der Waals surface area contributed by atoms with Crippen molar-refractivity contribution in [2.45, 2.75) is 43.5 Å². The third-order valence-corrected chi connectivity index (χ3v) is 8.32. The van der Waals surface area contributed by atoms with Crippen molar-refractivity contribution in [3.8, 4) is 5.75 Å². The van der Waals surface area contributed by atoms with Gasteiger partial charge in [-0.1, -0.05) is 50.2 Å². The SMILES string of the molecule is CCCOc1ccc(C(C)c2cccc(C(=O)NC)c2)cc1S(=O)(=O)NC(CO)Cc1c[nH]c2ccccc12. The second-order valence-corrected chi connectivity index (χ2v) is 11.2. The molecule has 206 valence electrons. The van der Waals surface area contributed by atoms with Crippen LogP contribution in [0.4, 0.5) is 0 Å². The van der Waals surface area contributed by atoms with Crippen molar-refractivity contribution in [3.63, 3.8) is 0 Å². The van der Waals surface area contributed by atoms with Gasteiger partial charge in [0.1, 0.15) is 10.6 Å². The smallest absolute Gasteiger partial charge is 0.251 e. The van der Waals surface area contributed by atoms with Gasteiger partial charge in [-0.25, -0.2) is 13.1 Å². The number of carbonyl (C=O) groups is 1. The molecule has 4 aromatic rings. The molecule has 39 heavy (non-hydrogen) atoms. The van der Waals surface area contributed by atoms with Crippen LogP contribution < -0.4 is 14.8 Å². The average Bonchev–Trinajstić information content (AvgIpc) is 3.37. The molecule has 0 saturated carbocycles. The molecular formula is C30H35N3O5S. The molecule has 0 radical (unpaired) electrons. The van der Waals surface area contributed by atoms with Gasteiger partial charge in [-0.05, 0) is 59.9 Å². The summed E-state index contributed by atoms with van der Waals surface area (Å²) in [6, 6.07) is 19.4. The lowest BCUT2D eigenvalue weighted by atomic mass is 9.92. The molecule has 2 atom stereocenters. The topological polar surface area (TPSA) is 121 Å². The highest BCUT2D eigenvalue weighted by atomic mass is 32.2. The summed E-state index contributed by atoms with van der Waals surface area (Å²) < 4.78 is 35.9. The summed E-state index contributed by atoms with van der Waals surface area (Å²) in [5.74, 6) is -0.128. The van der Waals surface area contributed by atoms with Gasteiger partial charge in [0.25, 0.3) is 5.91 Å². The second-order valence-electron chi connectivity index (χ2n) is 9.55. The Morgan fingerprint density at radius 3 is 2.56 bits per heavy atom. The summed E-state index contributed by atoms with van der Waals surface area (Å²) in [5, 5.41) is 13.7. The number of benzene rings is 3. The van der Waals surface area contributed by atoms with Gasteiger partial charge in [-0.15, -0.1) is 0 Å². The predicted molar refractivity (Wildman–Crippen MR) is 153 cm³/mol. The molecule has 1 amide bonds. The molecule has 0 aliphatic carbocycles. The van der Waals surface area contributed by atoms with Gasteiger partial charge in [0.2, 0.25) is 10.0 Å². The number of hydrogen-bond donors (Lipinski definition) is 4. The molecule has 0 saturated heterocycles. The summed E-state index contributed by atoms with van der Waals surface area (Å²) in [7, 11) is -2.48. The van der Waals surface area contributed by atoms with E-state index in [9.17, 15) is 18.3 Å². The second kappa shape index (κ2) is 12.5. The molecule has 2 unspecified atom stereocenters. The molecule has 0 spiro atoms. The summed E-state index contributed by atoms with van der Waals surface area (Å²) in [4.78, 5) is 15.3. The fourth-order valence-corrected chi connectivity index (χ4v) is 6.02. The largest absolute Gasteiger partial charge is 0.492 e. The van der Waals surface area contributed by atoms with Crippen LogP contribution in [-0.2, 0) is 16.4 Å². The lowest BCUT2D eigenvalue weighted by Crippen LogP contribution is -2.39. The van der Waals surface area contributed by atoms with Crippen molar-refractivity contribution in [2.75, 3.05) is 20.3 Å². The maximum Gasteiger partial charge on any atom is 0.251 e. The number of amides is 1. The molecule has 8 nitrogen and oxygen atoms in total. The van der Waals surface area contributed by atoms with Crippen LogP contribution in [0.3, 0.4) is 0 Å². The maximum absolute atomic E-state index is 13.7. The van der Waals surface area contributed by atoms with E-state index in [0.29, 0.717) is 18.6 Å². The fraction of sp³-hybridized carbons (Fsp3) is 0.300. The predicted octanol–water partition coefficient (Wildman–Crippen LogP) is 4.35. The number of aromatic nitrogens is 1. The molecule has 3 aromatic carbocycles. The fourth-order valence-electron chi connectivity index (χ4n) is 4.61. The number of aliphatic hydroxyl groups excluding tert-OH is 1. The van der Waals surface area contributed by atoms with Crippen molar-refractivity contribution in [1.29, 1.82) is 0 Å². The first-order valence-electron chi connectivity index (χ1n) is 13.0. The number of sulfonamides is 1. The number of H-pyrrole nitrogens is 1. The highest BCUT2D eigenvalue weighted by molar-refractivity contribution is 7.89. The van der Waals surface area contributed by atoms with Crippen LogP contribution in [0.2, 0.25) is 0 Å². The van der Waals surface area contributed by atoms with Crippen molar-refractivity contribution in [3.05, 3.63) is 95.2 Å². The van der Waals surface area contributed by atoms with Crippen LogP contribution in [0.5, 0.6) is 5.75 Å². The molecule has 0 bridgehead atoms. The van der Waals surface area contributed by atoms with Crippen LogP contribution >= 0.6 is 0 Å². The summed E-state index contributed by atoms with van der Waals surface area (Å²) in [6.45, 7) is 3.91. The molecule has 0 aliphatic heterocycles. The van der Waals surface area contributed by atoms with Crippen molar-refractivity contribution in [2.24, 2.45) is 0 Å². The van der Waals surface area contributed by atoms with Gasteiger partial charge in [0.05, 0.1) is 13.2 Å². The zero-order valence-corrected chi connectivity index (χ0v) is 23.2. The maximum atomic E-state index is 13.7. The Bertz CT molecular complexity index is 1550. The van der Waals surface area contributed by atoms with E-state index in [1.165, 1.54) is 0 Å². The number of carbonyl (C=O) groups excluding carboxylic acids is 1. The van der Waals surface area contributed by atoms with Crippen molar-refractivity contribution in [1.82, 2.24) is 15.0 Å². The molecule has 0 fully saturated rings. The molecule has 0 aliphatic rings. The van der Waals surface area contributed by atoms with Gasteiger partial charge in [0, 0.05) is 41.7 Å². The molecule has 9 heteroatoms. The average molecular weight is 550 g/mol. The van der Waals surface area contributed by atoms with E-state index in [-0.39, 0.29) is 29.1 Å². The number of ether oxygens (including phenoxy) is 1. The van der Waals surface area contributed by atoms with E-state index in [2.05, 4.69) is 15.0 Å². The van der Waals surface area contributed by atoms with E-state index in [1.807, 2.05) is 62.5 Å². The van der Waals surface area contributed by atoms with E-state index in [1.54, 1.807) is 31.3 Å². The lowest BCUT2D eigenvalue weighted by Gasteiger charge is -2.20. The monoisotopic (exact) mass is 549 g/mol. The quantitative estimate of drug-likeness (QED) is 0.209. The summed E-state index contributed by atoms with van der Waals surface area (Å²) in [5.41, 5.74) is 4.02. The minimum atomic E-state index is -4.06. The number of nitrogens with one attached hydrogen (secondary N) is 3. The minimum Gasteiger partial charge on any atom is -0.492 e. The highest BCUT2D eigenvalue weighted by Gasteiger charge is 2.26. The first-order chi connectivity index (χ1) is 18.8. The zero-order valence-electron chi connectivity index (χ0n) is 22.4. The van der Waals surface area contributed by atoms with Crippen molar-refractivity contribution < 1.29 is 23.1 Å². The first-order valence-corrected chi connectivity index (χ1v) is 14.5. The number of hydrogen-bond acceptors (Lipinski definition) is 5. The van der Waals surface area contributed by atoms with Crippen LogP contribution in [0.25, 0.3) is 10.9 Å². The third-order valence-electron chi connectivity index (χ3n) is 6.78. The molecular weight excluding hydrogens is 514 g/mol. The van der Waals surface area contributed by atoms with Gasteiger partial charge in [-0.2, -0.15) is 0 Å². The Morgan fingerprint density at radius 1 is 1.05 bits per heavy atom. The molecule has 4 rings (SSSR count). The third kappa shape index (κ3) is 6.50. The zero-order chi connectivity index (χ0) is 28.0. The van der Waals surface area contributed by atoms with E-state index in [0.717, 1.165) is 34.0 Å². The van der Waals surface area contributed by atoms with Gasteiger partial charge in [0.15, 0.2) is 0 Å². The van der Waals surface area contributed by atoms with E-state index < -0.39 is 16.1 Å². The van der Waals surface area contributed by atoms with Crippen LogP contribution in [0.1, 0.15) is 53.2 Å². The number of para-hydroxylation sites is 1. The number of aromatic amines is 1. The van der Waals surface area contributed by atoms with E-state index in [4.69, 9.17) is 4.74 Å². The molecule has 1 aromatic heterocycles. The highest BCUT2D eigenvalue weighted by Crippen LogP contribution is 2.32. The standard InChI is InChI=1S/C30H35N3O5S/c1-4-14-38-28-13-12-22(20(2)21-8-7-9-23(15-21)30(35)31-3)17-29(28)39(36,37)33-25(19-34)16-24-18-32-27-11-6-5-10-26(24)27/h5-13,15,17-18,20,25,32-34H,4,14,16,19H2,1-3H3,(H,31,35). The van der Waals surface area contributed by atoms with Gasteiger partial charge < -0.3 is 20.1 Å². The number of rotatable bonds is 12. The number of fused-ring (bicyclic) bond motifs is 1. The molecule has 1 heterocycles. The Labute approximate surface area is 229 Å². The first kappa shape index (κ1) is 28.4. The van der Waals surface area contributed by atoms with Crippen molar-refractivity contribution >= 4 is 26.8 Å². The van der Waals surface area contributed by atoms with Crippen LogP contribution in [0.15, 0.2) is 77.8 Å². The Hall–Kier alpha value is -3.66. The van der Waals surface area contributed by atoms with Crippen LogP contribution in [0, 0.1) is 0 Å².